The lowest BCUT2D eigenvalue weighted by atomic mass is 10.0. The van der Waals surface area contributed by atoms with Crippen LogP contribution in [-0.2, 0) is 20.0 Å². The van der Waals surface area contributed by atoms with Crippen LogP contribution in [0.4, 0.5) is 4.39 Å². The molecule has 6 nitrogen and oxygen atoms in total. The van der Waals surface area contributed by atoms with Gasteiger partial charge in [-0.1, -0.05) is 36.4 Å². The highest BCUT2D eigenvalue weighted by Gasteiger charge is 2.15. The van der Waals surface area contributed by atoms with Gasteiger partial charge in [0.1, 0.15) is 11.3 Å². The van der Waals surface area contributed by atoms with Gasteiger partial charge in [0.2, 0.25) is 0 Å². The number of aromatic amines is 1. The van der Waals surface area contributed by atoms with E-state index in [9.17, 15) is 9.18 Å². The summed E-state index contributed by atoms with van der Waals surface area (Å²) in [5.74, 6) is -0.240. The zero-order chi connectivity index (χ0) is 22.5. The molecular weight excluding hydrogens is 417 g/mol. The van der Waals surface area contributed by atoms with E-state index in [0.29, 0.717) is 18.5 Å². The minimum Gasteiger partial charge on any atom is -0.339 e. The molecule has 3 aromatic carbocycles. The molecule has 33 heavy (non-hydrogen) atoms. The molecule has 162 valence electrons. The van der Waals surface area contributed by atoms with Crippen molar-refractivity contribution in [2.45, 2.75) is 13.0 Å². The van der Waals surface area contributed by atoms with Crippen molar-refractivity contribution in [2.75, 3.05) is 0 Å². The fourth-order valence-electron chi connectivity index (χ4n) is 4.64. The summed E-state index contributed by atoms with van der Waals surface area (Å²) in [5.41, 5.74) is 5.29. The summed E-state index contributed by atoms with van der Waals surface area (Å²) in [6.45, 7) is 0.359. The Labute approximate surface area is 187 Å². The van der Waals surface area contributed by atoms with E-state index in [1.807, 2.05) is 48.0 Å². The van der Waals surface area contributed by atoms with Crippen molar-refractivity contribution >= 4 is 32.7 Å². The average molecular weight is 437 g/mol. The molecule has 0 bridgehead atoms. The summed E-state index contributed by atoms with van der Waals surface area (Å²) in [6, 6.07) is 18.6. The third-order valence-corrected chi connectivity index (χ3v) is 6.26. The first kappa shape index (κ1) is 19.4. The van der Waals surface area contributed by atoms with Gasteiger partial charge >= 0.3 is 0 Å². The molecule has 6 aromatic rings. The third-order valence-electron chi connectivity index (χ3n) is 6.26. The molecule has 0 aliphatic heterocycles. The van der Waals surface area contributed by atoms with Crippen LogP contribution in [0.5, 0.6) is 0 Å². The van der Waals surface area contributed by atoms with Gasteiger partial charge < -0.3 is 4.57 Å². The van der Waals surface area contributed by atoms with Gasteiger partial charge in [0.25, 0.3) is 5.56 Å². The SMILES string of the molecule is Cn1c2cc(Cc3cccc(F)c3)ccc2c2cnn(Cc3cccc4[nH]ncc34)c(=O)c21. The van der Waals surface area contributed by atoms with Crippen molar-refractivity contribution in [1.29, 1.82) is 0 Å². The molecule has 6 rings (SSSR count). The number of aryl methyl sites for hydroxylation is 1. The Hall–Kier alpha value is -4.26. The van der Waals surface area contributed by atoms with Crippen molar-refractivity contribution in [3.63, 3.8) is 0 Å². The van der Waals surface area contributed by atoms with Crippen molar-refractivity contribution in [1.82, 2.24) is 24.5 Å². The van der Waals surface area contributed by atoms with Gasteiger partial charge in [-0.05, 0) is 47.4 Å². The third kappa shape index (κ3) is 3.20. The maximum absolute atomic E-state index is 13.6. The van der Waals surface area contributed by atoms with E-state index in [4.69, 9.17) is 0 Å². The number of rotatable bonds is 4. The molecular formula is C26H20FN5O. The molecule has 0 saturated carbocycles. The predicted molar refractivity (Wildman–Crippen MR) is 127 cm³/mol. The fraction of sp³-hybridized carbons (Fsp3) is 0.115. The molecule has 0 unspecified atom stereocenters. The highest BCUT2D eigenvalue weighted by Crippen LogP contribution is 2.27. The summed E-state index contributed by atoms with van der Waals surface area (Å²) < 4.78 is 17.0. The highest BCUT2D eigenvalue weighted by molar-refractivity contribution is 6.07. The number of hydrogen-bond acceptors (Lipinski definition) is 3. The maximum Gasteiger partial charge on any atom is 0.291 e. The van der Waals surface area contributed by atoms with Crippen LogP contribution in [0, 0.1) is 5.82 Å². The predicted octanol–water partition coefficient (Wildman–Crippen LogP) is 4.54. The molecule has 3 heterocycles. The lowest BCUT2D eigenvalue weighted by Gasteiger charge is -2.07. The van der Waals surface area contributed by atoms with Crippen LogP contribution in [0.3, 0.4) is 0 Å². The number of H-pyrrole nitrogens is 1. The summed E-state index contributed by atoms with van der Waals surface area (Å²) in [5, 5.41) is 14.3. The van der Waals surface area contributed by atoms with Crippen LogP contribution in [0.25, 0.3) is 32.7 Å². The van der Waals surface area contributed by atoms with Crippen molar-refractivity contribution in [3.8, 4) is 0 Å². The number of nitrogens with zero attached hydrogens (tertiary/aromatic N) is 4. The molecule has 0 atom stereocenters. The summed E-state index contributed by atoms with van der Waals surface area (Å²) in [4.78, 5) is 13.4. The van der Waals surface area contributed by atoms with E-state index in [0.717, 1.165) is 43.9 Å². The molecule has 0 amide bonds. The van der Waals surface area contributed by atoms with Crippen molar-refractivity contribution < 1.29 is 4.39 Å². The molecule has 0 saturated heterocycles. The smallest absolute Gasteiger partial charge is 0.291 e. The van der Waals surface area contributed by atoms with Crippen LogP contribution in [0.1, 0.15) is 16.7 Å². The molecule has 3 aromatic heterocycles. The number of nitrogens with one attached hydrogen (secondary N) is 1. The van der Waals surface area contributed by atoms with Crippen LogP contribution in [0.2, 0.25) is 0 Å². The van der Waals surface area contributed by atoms with Gasteiger partial charge in [0, 0.05) is 28.7 Å². The second-order valence-electron chi connectivity index (χ2n) is 8.34. The van der Waals surface area contributed by atoms with E-state index >= 15 is 0 Å². The lowest BCUT2D eigenvalue weighted by Crippen LogP contribution is -2.24. The molecule has 7 heteroatoms. The van der Waals surface area contributed by atoms with Gasteiger partial charge in [-0.2, -0.15) is 10.2 Å². The number of halogens is 1. The number of aromatic nitrogens is 5. The Bertz CT molecular complexity index is 1730. The summed E-state index contributed by atoms with van der Waals surface area (Å²) >= 11 is 0. The van der Waals surface area contributed by atoms with Crippen molar-refractivity contribution in [2.24, 2.45) is 7.05 Å². The second-order valence-corrected chi connectivity index (χ2v) is 8.34. The average Bonchev–Trinajstić information content (AvgIpc) is 3.40. The highest BCUT2D eigenvalue weighted by atomic mass is 19.1. The largest absolute Gasteiger partial charge is 0.339 e. The Morgan fingerprint density at radius 3 is 2.67 bits per heavy atom. The van der Waals surface area contributed by atoms with Crippen LogP contribution in [-0.4, -0.2) is 24.5 Å². The van der Waals surface area contributed by atoms with Crippen LogP contribution < -0.4 is 5.56 Å². The zero-order valence-electron chi connectivity index (χ0n) is 17.9. The van der Waals surface area contributed by atoms with E-state index in [-0.39, 0.29) is 11.4 Å². The molecule has 1 N–H and O–H groups in total. The van der Waals surface area contributed by atoms with Gasteiger partial charge in [-0.15, -0.1) is 0 Å². The van der Waals surface area contributed by atoms with Crippen LogP contribution >= 0.6 is 0 Å². The topological polar surface area (TPSA) is 68.5 Å². The maximum atomic E-state index is 13.6. The summed E-state index contributed by atoms with van der Waals surface area (Å²) in [7, 11) is 1.90. The van der Waals surface area contributed by atoms with Gasteiger partial charge in [-0.25, -0.2) is 9.07 Å². The van der Waals surface area contributed by atoms with Crippen molar-refractivity contribution in [3.05, 3.63) is 106 Å². The molecule has 0 aliphatic rings. The fourth-order valence-corrected chi connectivity index (χ4v) is 4.64. The minimum atomic E-state index is -0.240. The molecule has 0 aliphatic carbocycles. The molecule has 0 fully saturated rings. The first-order valence-electron chi connectivity index (χ1n) is 10.7. The normalized spacial score (nSPS) is 11.7. The Kier molecular flexibility index (Phi) is 4.36. The van der Waals surface area contributed by atoms with Gasteiger partial charge in [-0.3, -0.25) is 9.89 Å². The lowest BCUT2D eigenvalue weighted by molar-refractivity contribution is 0.626. The number of hydrogen-bond donors (Lipinski definition) is 1. The van der Waals surface area contributed by atoms with E-state index in [2.05, 4.69) is 21.4 Å². The number of fused-ring (bicyclic) bond motifs is 4. The van der Waals surface area contributed by atoms with Gasteiger partial charge in [0.15, 0.2) is 0 Å². The zero-order valence-corrected chi connectivity index (χ0v) is 17.9. The molecule has 0 spiro atoms. The van der Waals surface area contributed by atoms with E-state index < -0.39 is 0 Å². The second kappa shape index (κ2) is 7.41. The Morgan fingerprint density at radius 2 is 1.79 bits per heavy atom. The van der Waals surface area contributed by atoms with Crippen LogP contribution in [0.15, 0.2) is 77.9 Å². The summed E-state index contributed by atoms with van der Waals surface area (Å²) in [6.07, 6.45) is 4.15. The van der Waals surface area contributed by atoms with E-state index in [1.165, 1.54) is 10.7 Å². The molecule has 0 radical (unpaired) electrons. The standard InChI is InChI=1S/C26H20FN5O/c1-31-24-12-17(10-16-4-2-6-19(27)11-16)8-9-20(24)22-14-29-32(26(33)25(22)31)15-18-5-3-7-23-21(18)13-28-30-23/h2-9,11-14H,10,15H2,1H3,(H,28,30). The quantitative estimate of drug-likeness (QED) is 0.440. The van der Waals surface area contributed by atoms with Gasteiger partial charge in [0.05, 0.1) is 24.5 Å². The van der Waals surface area contributed by atoms with E-state index in [1.54, 1.807) is 24.5 Å². The first-order valence-corrected chi connectivity index (χ1v) is 10.7. The monoisotopic (exact) mass is 437 g/mol. The number of benzene rings is 3. The minimum absolute atomic E-state index is 0.140. The Morgan fingerprint density at radius 1 is 0.939 bits per heavy atom. The first-order chi connectivity index (χ1) is 16.1. The Balaban J connectivity index is 1.44.